The van der Waals surface area contributed by atoms with Gasteiger partial charge < -0.3 is 9.84 Å². The van der Waals surface area contributed by atoms with Crippen LogP contribution in [0.4, 0.5) is 0 Å². The van der Waals surface area contributed by atoms with Crippen molar-refractivity contribution in [3.05, 3.63) is 62.7 Å². The van der Waals surface area contributed by atoms with Gasteiger partial charge >= 0.3 is 0 Å². The Morgan fingerprint density at radius 2 is 2.00 bits per heavy atom. The van der Waals surface area contributed by atoms with Crippen LogP contribution in [0.1, 0.15) is 29.2 Å². The zero-order valence-electron chi connectivity index (χ0n) is 10.5. The van der Waals surface area contributed by atoms with Gasteiger partial charge in [-0.1, -0.05) is 30.3 Å². The van der Waals surface area contributed by atoms with E-state index < -0.39 is 6.10 Å². The molecule has 1 N–H and O–H groups in total. The van der Waals surface area contributed by atoms with Crippen LogP contribution in [0.3, 0.4) is 0 Å². The highest BCUT2D eigenvalue weighted by molar-refractivity contribution is 14.1. The van der Waals surface area contributed by atoms with Crippen LogP contribution in [0.25, 0.3) is 0 Å². The first-order valence-corrected chi connectivity index (χ1v) is 7.52. The zero-order valence-corrected chi connectivity index (χ0v) is 12.6. The number of halogens is 1. The Morgan fingerprint density at radius 1 is 1.16 bits per heavy atom. The van der Waals surface area contributed by atoms with Gasteiger partial charge in [-0.2, -0.15) is 0 Å². The van der Waals surface area contributed by atoms with Crippen molar-refractivity contribution in [1.82, 2.24) is 0 Å². The Balaban J connectivity index is 2.02. The van der Waals surface area contributed by atoms with Crippen LogP contribution in [0.15, 0.2) is 42.5 Å². The van der Waals surface area contributed by atoms with Crippen molar-refractivity contribution in [2.45, 2.75) is 18.9 Å². The molecule has 1 atom stereocenters. The molecule has 0 saturated heterocycles. The summed E-state index contributed by atoms with van der Waals surface area (Å²) in [7, 11) is 0. The van der Waals surface area contributed by atoms with Crippen molar-refractivity contribution < 1.29 is 9.84 Å². The lowest BCUT2D eigenvalue weighted by Gasteiger charge is -2.23. The molecule has 2 aromatic carbocycles. The molecule has 3 rings (SSSR count). The first-order valence-electron chi connectivity index (χ1n) is 6.44. The van der Waals surface area contributed by atoms with Crippen LogP contribution in [-0.4, -0.2) is 11.7 Å². The average molecular weight is 366 g/mol. The van der Waals surface area contributed by atoms with Gasteiger partial charge in [0.1, 0.15) is 11.9 Å². The van der Waals surface area contributed by atoms with E-state index in [1.54, 1.807) is 0 Å². The fraction of sp³-hybridized carbons (Fsp3) is 0.250. The molecule has 1 unspecified atom stereocenters. The Bertz CT molecular complexity index is 595. The molecule has 19 heavy (non-hydrogen) atoms. The quantitative estimate of drug-likeness (QED) is 0.822. The Morgan fingerprint density at radius 3 is 2.84 bits per heavy atom. The first kappa shape index (κ1) is 12.9. The number of hydrogen-bond donors (Lipinski definition) is 1. The fourth-order valence-corrected chi connectivity index (χ4v) is 3.05. The highest BCUT2D eigenvalue weighted by Gasteiger charge is 2.20. The largest absolute Gasteiger partial charge is 0.493 e. The molecule has 1 aliphatic heterocycles. The van der Waals surface area contributed by atoms with E-state index in [1.807, 2.05) is 36.4 Å². The summed E-state index contributed by atoms with van der Waals surface area (Å²) in [5, 5.41) is 10.6. The standard InChI is InChI=1S/C16H15IO2/c17-13-7-1-5-12(10-13)15(18)14-8-2-4-11-6-3-9-19-16(11)14/h1-2,4-5,7-8,10,15,18H,3,6,9H2. The summed E-state index contributed by atoms with van der Waals surface area (Å²) in [5.41, 5.74) is 2.99. The van der Waals surface area contributed by atoms with Crippen LogP contribution >= 0.6 is 22.6 Å². The van der Waals surface area contributed by atoms with Crippen molar-refractivity contribution in [3.63, 3.8) is 0 Å². The van der Waals surface area contributed by atoms with Crippen LogP contribution < -0.4 is 4.74 Å². The molecule has 0 aliphatic carbocycles. The van der Waals surface area contributed by atoms with Gasteiger partial charge in [0, 0.05) is 9.13 Å². The fourth-order valence-electron chi connectivity index (χ4n) is 2.49. The number of hydrogen-bond acceptors (Lipinski definition) is 2. The predicted molar refractivity (Wildman–Crippen MR) is 83.5 cm³/mol. The molecule has 0 aromatic heterocycles. The van der Waals surface area contributed by atoms with Crippen molar-refractivity contribution in [2.75, 3.05) is 6.61 Å². The number of aliphatic hydroxyl groups is 1. The molecule has 0 saturated carbocycles. The smallest absolute Gasteiger partial charge is 0.128 e. The minimum atomic E-state index is -0.622. The topological polar surface area (TPSA) is 29.5 Å². The number of aliphatic hydroxyl groups excluding tert-OH is 1. The summed E-state index contributed by atoms with van der Waals surface area (Å²) >= 11 is 2.26. The van der Waals surface area contributed by atoms with E-state index in [1.165, 1.54) is 5.56 Å². The van der Waals surface area contributed by atoms with Gasteiger partial charge in [-0.25, -0.2) is 0 Å². The minimum Gasteiger partial charge on any atom is -0.493 e. The molecule has 0 spiro atoms. The van der Waals surface area contributed by atoms with Crippen molar-refractivity contribution >= 4 is 22.6 Å². The van der Waals surface area contributed by atoms with Crippen molar-refractivity contribution in [2.24, 2.45) is 0 Å². The van der Waals surface area contributed by atoms with Gasteiger partial charge in [-0.15, -0.1) is 0 Å². The monoisotopic (exact) mass is 366 g/mol. The maximum atomic E-state index is 10.6. The lowest BCUT2D eigenvalue weighted by atomic mass is 9.96. The Hall–Kier alpha value is -1.07. The second-order valence-corrected chi connectivity index (χ2v) is 5.99. The normalized spacial score (nSPS) is 15.5. The van der Waals surface area contributed by atoms with Gasteiger partial charge in [0.15, 0.2) is 0 Å². The van der Waals surface area contributed by atoms with Crippen molar-refractivity contribution in [1.29, 1.82) is 0 Å². The summed E-state index contributed by atoms with van der Waals surface area (Å²) in [5.74, 6) is 0.875. The van der Waals surface area contributed by atoms with E-state index in [0.717, 1.165) is 39.9 Å². The Kier molecular flexibility index (Phi) is 3.75. The second kappa shape index (κ2) is 5.51. The third-order valence-electron chi connectivity index (χ3n) is 3.42. The number of rotatable bonds is 2. The molecule has 0 amide bonds. The predicted octanol–water partition coefficient (Wildman–Crippen LogP) is 3.70. The van der Waals surface area contributed by atoms with Crippen molar-refractivity contribution in [3.8, 4) is 5.75 Å². The molecule has 1 heterocycles. The van der Waals surface area contributed by atoms with E-state index in [9.17, 15) is 5.11 Å². The van der Waals surface area contributed by atoms with Crippen LogP contribution in [0, 0.1) is 3.57 Å². The Labute approximate surface area is 126 Å². The summed E-state index contributed by atoms with van der Waals surface area (Å²) in [6.45, 7) is 0.739. The molecule has 0 bridgehead atoms. The zero-order chi connectivity index (χ0) is 13.2. The van der Waals surface area contributed by atoms with Gasteiger partial charge in [0.25, 0.3) is 0 Å². The summed E-state index contributed by atoms with van der Waals surface area (Å²) in [6.07, 6.45) is 1.46. The molecular formula is C16H15IO2. The molecule has 3 heteroatoms. The first-order chi connectivity index (χ1) is 9.25. The average Bonchev–Trinajstić information content (AvgIpc) is 2.46. The van der Waals surface area contributed by atoms with E-state index in [0.29, 0.717) is 0 Å². The minimum absolute atomic E-state index is 0.622. The summed E-state index contributed by atoms with van der Waals surface area (Å²) < 4.78 is 6.89. The number of para-hydroxylation sites is 1. The summed E-state index contributed by atoms with van der Waals surface area (Å²) in [4.78, 5) is 0. The molecule has 0 fully saturated rings. The number of ether oxygens (including phenoxy) is 1. The lowest BCUT2D eigenvalue weighted by molar-refractivity contribution is 0.206. The number of fused-ring (bicyclic) bond motifs is 1. The molecule has 1 aliphatic rings. The van der Waals surface area contributed by atoms with E-state index >= 15 is 0 Å². The molecule has 2 aromatic rings. The maximum Gasteiger partial charge on any atom is 0.128 e. The number of aryl methyl sites for hydroxylation is 1. The molecule has 98 valence electrons. The lowest BCUT2D eigenvalue weighted by Crippen LogP contribution is -2.12. The van der Waals surface area contributed by atoms with Crippen LogP contribution in [0.2, 0.25) is 0 Å². The van der Waals surface area contributed by atoms with Crippen LogP contribution in [-0.2, 0) is 6.42 Å². The summed E-state index contributed by atoms with van der Waals surface area (Å²) in [6, 6.07) is 14.0. The third-order valence-corrected chi connectivity index (χ3v) is 4.09. The molecular weight excluding hydrogens is 351 g/mol. The van der Waals surface area contributed by atoms with E-state index in [2.05, 4.69) is 28.7 Å². The highest BCUT2D eigenvalue weighted by Crippen LogP contribution is 2.35. The maximum absolute atomic E-state index is 10.6. The molecule has 0 radical (unpaired) electrons. The van der Waals surface area contributed by atoms with E-state index in [4.69, 9.17) is 4.74 Å². The van der Waals surface area contributed by atoms with Gasteiger partial charge in [-0.3, -0.25) is 0 Å². The third kappa shape index (κ3) is 2.62. The van der Waals surface area contributed by atoms with Crippen LogP contribution in [0.5, 0.6) is 5.75 Å². The van der Waals surface area contributed by atoms with Gasteiger partial charge in [-0.05, 0) is 58.7 Å². The number of benzene rings is 2. The SMILES string of the molecule is OC(c1cccc(I)c1)c1cccc2c1OCCC2. The van der Waals surface area contributed by atoms with E-state index in [-0.39, 0.29) is 0 Å². The molecule has 2 nitrogen and oxygen atoms in total. The van der Waals surface area contributed by atoms with Gasteiger partial charge in [0.05, 0.1) is 6.61 Å². The second-order valence-electron chi connectivity index (χ2n) is 4.75. The van der Waals surface area contributed by atoms with Gasteiger partial charge in [0.2, 0.25) is 0 Å². The highest BCUT2D eigenvalue weighted by atomic mass is 127.